The molecule has 1 rings (SSSR count). The van der Waals surface area contributed by atoms with Gasteiger partial charge in [-0.05, 0) is 22.7 Å². The van der Waals surface area contributed by atoms with Crippen molar-refractivity contribution in [1.82, 2.24) is 14.8 Å². The van der Waals surface area contributed by atoms with E-state index in [9.17, 15) is 14.9 Å². The van der Waals surface area contributed by atoms with Crippen molar-refractivity contribution >= 4 is 27.8 Å². The van der Waals surface area contributed by atoms with Gasteiger partial charge in [0.15, 0.2) is 0 Å². The van der Waals surface area contributed by atoms with E-state index in [0.717, 1.165) is 6.42 Å². The van der Waals surface area contributed by atoms with Crippen LogP contribution in [0.3, 0.4) is 0 Å². The van der Waals surface area contributed by atoms with Crippen LogP contribution >= 0.6 is 15.9 Å². The van der Waals surface area contributed by atoms with Gasteiger partial charge >= 0.3 is 11.9 Å². The summed E-state index contributed by atoms with van der Waals surface area (Å²) < 4.78 is 1.70. The zero-order valence-electron chi connectivity index (χ0n) is 8.87. The maximum absolute atomic E-state index is 10.4. The van der Waals surface area contributed by atoms with E-state index >= 15 is 0 Å². The molecule has 0 atom stereocenters. The molecular formula is C8H11BrN4O4. The summed E-state index contributed by atoms with van der Waals surface area (Å²) in [5, 5.41) is 22.5. The van der Waals surface area contributed by atoms with Gasteiger partial charge in [0, 0.05) is 27.4 Å². The highest BCUT2D eigenvalue weighted by Gasteiger charge is 2.18. The van der Waals surface area contributed by atoms with Gasteiger partial charge in [0.2, 0.25) is 0 Å². The second-order valence-corrected chi connectivity index (χ2v) is 4.07. The number of aryl methyl sites for hydroxylation is 1. The molecule has 0 aromatic carbocycles. The molecule has 0 spiro atoms. The Morgan fingerprint density at radius 3 is 2.71 bits per heavy atom. The van der Waals surface area contributed by atoms with Crippen LogP contribution < -0.4 is 0 Å². The van der Waals surface area contributed by atoms with Crippen molar-refractivity contribution in [3.8, 4) is 0 Å². The molecule has 17 heavy (non-hydrogen) atoms. The second kappa shape index (κ2) is 6.28. The van der Waals surface area contributed by atoms with E-state index in [4.69, 9.17) is 5.11 Å². The van der Waals surface area contributed by atoms with Crippen LogP contribution in [0.15, 0.2) is 4.73 Å². The summed E-state index contributed by atoms with van der Waals surface area (Å²) in [5.74, 6) is -1.26. The molecule has 1 aromatic rings. The van der Waals surface area contributed by atoms with E-state index in [1.165, 1.54) is 4.68 Å². The summed E-state index contributed by atoms with van der Waals surface area (Å²) in [6.45, 7) is 0.473. The lowest BCUT2D eigenvalue weighted by molar-refractivity contribution is -0.394. The summed E-state index contributed by atoms with van der Waals surface area (Å²) in [6.07, 6.45) is 2.15. The van der Waals surface area contributed by atoms with Crippen LogP contribution in [-0.2, 0) is 11.3 Å². The van der Waals surface area contributed by atoms with E-state index < -0.39 is 16.8 Å². The van der Waals surface area contributed by atoms with Gasteiger partial charge in [-0.15, -0.1) is 0 Å². The topological polar surface area (TPSA) is 111 Å². The Labute approximate surface area is 105 Å². The van der Waals surface area contributed by atoms with Gasteiger partial charge in [-0.1, -0.05) is 6.42 Å². The van der Waals surface area contributed by atoms with Crippen LogP contribution in [0.1, 0.15) is 25.7 Å². The van der Waals surface area contributed by atoms with Crippen LogP contribution in [0.5, 0.6) is 0 Å². The summed E-state index contributed by atoms with van der Waals surface area (Å²) in [5.41, 5.74) is 0. The molecule has 0 aliphatic heterocycles. The normalized spacial score (nSPS) is 10.4. The zero-order valence-corrected chi connectivity index (χ0v) is 10.5. The van der Waals surface area contributed by atoms with Crippen molar-refractivity contribution in [2.75, 3.05) is 0 Å². The smallest absolute Gasteiger partial charge is 0.481 e. The Morgan fingerprint density at radius 2 is 2.18 bits per heavy atom. The fourth-order valence-electron chi connectivity index (χ4n) is 1.25. The number of aromatic nitrogens is 3. The number of carboxylic acids is 1. The molecule has 1 heterocycles. The van der Waals surface area contributed by atoms with Crippen molar-refractivity contribution in [2.45, 2.75) is 32.2 Å². The molecule has 0 amide bonds. The van der Waals surface area contributed by atoms with Crippen LogP contribution in [0.2, 0.25) is 0 Å². The Hall–Kier alpha value is -1.51. The lowest BCUT2D eigenvalue weighted by atomic mass is 10.2. The van der Waals surface area contributed by atoms with Crippen LogP contribution in [0.25, 0.3) is 0 Å². The number of nitro groups is 1. The molecule has 0 saturated heterocycles. The standard InChI is InChI=1S/C8H11BrN4O4/c9-7-10-8(13(16)17)11-12(7)5-3-1-2-4-6(14)15/h1-5H2,(H,14,15). The summed E-state index contributed by atoms with van der Waals surface area (Å²) in [7, 11) is 0. The predicted octanol–water partition coefficient (Wildman–Crippen LogP) is 1.59. The number of hydrogen-bond donors (Lipinski definition) is 1. The fourth-order valence-corrected chi connectivity index (χ4v) is 1.66. The maximum Gasteiger partial charge on any atom is 0.492 e. The third-order valence-electron chi connectivity index (χ3n) is 2.04. The minimum Gasteiger partial charge on any atom is -0.481 e. The van der Waals surface area contributed by atoms with Gasteiger partial charge in [-0.2, -0.15) is 4.68 Å². The van der Waals surface area contributed by atoms with Crippen molar-refractivity contribution in [3.05, 3.63) is 14.8 Å². The minimum atomic E-state index is -0.817. The Balaban J connectivity index is 2.36. The van der Waals surface area contributed by atoms with Gasteiger partial charge in [0.05, 0.1) is 6.54 Å². The first-order chi connectivity index (χ1) is 8.00. The van der Waals surface area contributed by atoms with Gasteiger partial charge in [-0.25, -0.2) is 0 Å². The van der Waals surface area contributed by atoms with Crippen LogP contribution in [0, 0.1) is 10.1 Å². The van der Waals surface area contributed by atoms with Crippen molar-refractivity contribution in [2.24, 2.45) is 0 Å². The molecule has 1 aromatic heterocycles. The SMILES string of the molecule is O=C(O)CCCCCn1nc([N+](=O)[O-])nc1Br. The van der Waals surface area contributed by atoms with E-state index in [0.29, 0.717) is 24.1 Å². The molecule has 0 fully saturated rings. The van der Waals surface area contributed by atoms with Crippen LogP contribution in [-0.4, -0.2) is 30.8 Å². The number of rotatable bonds is 7. The molecular weight excluding hydrogens is 296 g/mol. The molecule has 0 saturated carbocycles. The van der Waals surface area contributed by atoms with Gasteiger partial charge in [-0.3, -0.25) is 4.79 Å². The molecule has 0 aliphatic carbocycles. The quantitative estimate of drug-likeness (QED) is 0.465. The third-order valence-corrected chi connectivity index (χ3v) is 2.63. The molecule has 0 radical (unpaired) electrons. The molecule has 0 bridgehead atoms. The summed E-state index contributed by atoms with van der Waals surface area (Å²) in [4.78, 5) is 23.6. The average Bonchev–Trinajstić information content (AvgIpc) is 2.59. The molecule has 0 unspecified atom stereocenters. The number of carboxylic acid groups (broad SMARTS) is 1. The first-order valence-corrected chi connectivity index (χ1v) is 5.76. The second-order valence-electron chi connectivity index (χ2n) is 3.37. The largest absolute Gasteiger partial charge is 0.492 e. The number of carbonyl (C=O) groups is 1. The van der Waals surface area contributed by atoms with Crippen molar-refractivity contribution in [3.63, 3.8) is 0 Å². The molecule has 94 valence electrons. The summed E-state index contributed by atoms with van der Waals surface area (Å²) in [6, 6.07) is 0. The van der Waals surface area contributed by atoms with E-state index in [1.807, 2.05) is 0 Å². The number of hydrogen-bond acceptors (Lipinski definition) is 5. The first-order valence-electron chi connectivity index (χ1n) is 4.97. The minimum absolute atomic E-state index is 0.138. The van der Waals surface area contributed by atoms with Gasteiger partial charge in [0.25, 0.3) is 4.73 Å². The number of halogens is 1. The summed E-state index contributed by atoms with van der Waals surface area (Å²) >= 11 is 3.07. The third kappa shape index (κ3) is 4.47. The highest BCUT2D eigenvalue weighted by atomic mass is 79.9. The number of nitrogens with zero attached hydrogens (tertiary/aromatic N) is 4. The molecule has 9 heteroatoms. The first kappa shape index (κ1) is 13.6. The zero-order chi connectivity index (χ0) is 12.8. The van der Waals surface area contributed by atoms with Crippen molar-refractivity contribution < 1.29 is 14.8 Å². The lowest BCUT2D eigenvalue weighted by Crippen LogP contribution is -2.02. The monoisotopic (exact) mass is 306 g/mol. The average molecular weight is 307 g/mol. The lowest BCUT2D eigenvalue weighted by Gasteiger charge is -1.97. The maximum atomic E-state index is 10.4. The predicted molar refractivity (Wildman–Crippen MR) is 60.5 cm³/mol. The van der Waals surface area contributed by atoms with E-state index in [-0.39, 0.29) is 6.42 Å². The number of unbranched alkanes of at least 4 members (excludes halogenated alkanes) is 2. The number of aliphatic carboxylic acids is 1. The Morgan fingerprint density at radius 1 is 1.47 bits per heavy atom. The van der Waals surface area contributed by atoms with Crippen LogP contribution in [0.4, 0.5) is 5.95 Å². The van der Waals surface area contributed by atoms with Gasteiger partial charge < -0.3 is 15.2 Å². The van der Waals surface area contributed by atoms with E-state index in [2.05, 4.69) is 26.0 Å². The van der Waals surface area contributed by atoms with E-state index in [1.54, 1.807) is 0 Å². The molecule has 0 aliphatic rings. The van der Waals surface area contributed by atoms with Crippen molar-refractivity contribution in [1.29, 1.82) is 0 Å². The van der Waals surface area contributed by atoms with Gasteiger partial charge in [0.1, 0.15) is 0 Å². The Kier molecular flexibility index (Phi) is 5.01. The highest BCUT2D eigenvalue weighted by molar-refractivity contribution is 9.10. The highest BCUT2D eigenvalue weighted by Crippen LogP contribution is 2.13. The molecule has 8 nitrogen and oxygen atoms in total. The molecule has 1 N–H and O–H groups in total. The fraction of sp³-hybridized carbons (Fsp3) is 0.625. The Bertz CT molecular complexity index is 420.